The molecule has 2 aromatic heterocycles. The van der Waals surface area contributed by atoms with Crippen LogP contribution in [0.25, 0.3) is 17.0 Å². The lowest BCUT2D eigenvalue weighted by Crippen LogP contribution is -2.04. The number of ether oxygens (including phenoxy) is 1. The molecule has 0 unspecified atom stereocenters. The van der Waals surface area contributed by atoms with Crippen LogP contribution in [-0.4, -0.2) is 20.7 Å². The van der Waals surface area contributed by atoms with Crippen LogP contribution >= 0.6 is 0 Å². The van der Waals surface area contributed by atoms with Crippen molar-refractivity contribution in [2.45, 2.75) is 33.9 Å². The summed E-state index contributed by atoms with van der Waals surface area (Å²) in [7, 11) is 0. The van der Waals surface area contributed by atoms with Gasteiger partial charge in [0.1, 0.15) is 6.61 Å². The third kappa shape index (κ3) is 4.72. The van der Waals surface area contributed by atoms with E-state index in [0.29, 0.717) is 6.54 Å². The number of nitrogens with zero attached hydrogens (tertiary/aromatic N) is 3. The number of esters is 1. The van der Waals surface area contributed by atoms with Gasteiger partial charge >= 0.3 is 5.97 Å². The van der Waals surface area contributed by atoms with E-state index in [1.807, 2.05) is 48.9 Å². The molecular formula is C26H25N3O2. The van der Waals surface area contributed by atoms with Crippen molar-refractivity contribution in [2.24, 2.45) is 0 Å². The molecule has 0 saturated carbocycles. The van der Waals surface area contributed by atoms with Gasteiger partial charge < -0.3 is 4.74 Å². The summed E-state index contributed by atoms with van der Waals surface area (Å²) in [6.45, 7) is 6.92. The third-order valence-electron chi connectivity index (χ3n) is 5.36. The molecule has 0 saturated heterocycles. The molecule has 0 amide bonds. The molecule has 5 nitrogen and oxygen atoms in total. The average molecular weight is 412 g/mol. The maximum atomic E-state index is 12.3. The summed E-state index contributed by atoms with van der Waals surface area (Å²) in [5.41, 5.74) is 7.00. The van der Waals surface area contributed by atoms with E-state index >= 15 is 0 Å². The van der Waals surface area contributed by atoms with Gasteiger partial charge in [0.25, 0.3) is 0 Å². The highest BCUT2D eigenvalue weighted by Gasteiger charge is 2.11. The molecule has 31 heavy (non-hydrogen) atoms. The molecular weight excluding hydrogens is 386 g/mol. The Hall–Kier alpha value is -3.73. The Morgan fingerprint density at radius 1 is 1.03 bits per heavy atom. The highest BCUT2D eigenvalue weighted by atomic mass is 16.5. The number of carbonyl (C=O) groups excluding carboxylic acids is 1. The van der Waals surface area contributed by atoms with Crippen molar-refractivity contribution < 1.29 is 9.53 Å². The summed E-state index contributed by atoms with van der Waals surface area (Å²) in [5.74, 6) is -0.391. The second-order valence-electron chi connectivity index (χ2n) is 7.66. The van der Waals surface area contributed by atoms with Crippen LogP contribution in [0.4, 0.5) is 0 Å². The largest absolute Gasteiger partial charge is 0.458 e. The van der Waals surface area contributed by atoms with E-state index in [0.717, 1.165) is 33.4 Å². The molecule has 0 aliphatic carbocycles. The molecule has 2 heterocycles. The van der Waals surface area contributed by atoms with Gasteiger partial charge in [-0.05, 0) is 38.5 Å². The van der Waals surface area contributed by atoms with Gasteiger partial charge in [0.15, 0.2) is 0 Å². The smallest absolute Gasteiger partial charge is 0.331 e. The number of carbonyl (C=O) groups is 1. The topological polar surface area (TPSA) is 57.0 Å². The Morgan fingerprint density at radius 3 is 2.61 bits per heavy atom. The minimum absolute atomic E-state index is 0.183. The van der Waals surface area contributed by atoms with Crippen LogP contribution < -0.4 is 0 Å². The van der Waals surface area contributed by atoms with Gasteiger partial charge in [0, 0.05) is 34.5 Å². The molecule has 0 aliphatic rings. The minimum Gasteiger partial charge on any atom is -0.458 e. The van der Waals surface area contributed by atoms with E-state index in [1.54, 1.807) is 12.3 Å². The van der Waals surface area contributed by atoms with Crippen LogP contribution in [0.5, 0.6) is 0 Å². The zero-order chi connectivity index (χ0) is 21.8. The quantitative estimate of drug-likeness (QED) is 0.325. The predicted octanol–water partition coefficient (Wildman–Crippen LogP) is 5.16. The molecule has 156 valence electrons. The first-order valence-electron chi connectivity index (χ1n) is 10.3. The monoisotopic (exact) mass is 411 g/mol. The zero-order valence-electron chi connectivity index (χ0n) is 18.0. The molecule has 4 rings (SSSR count). The standard InChI is InChI=1S/C26H25N3O2/c1-18-9-11-21(12-10-18)16-29-20(3)24(19(2)28-29)13-14-25(30)31-17-23-7-4-6-22-8-5-15-27-26(22)23/h4-15H,16-17H2,1-3H3. The van der Waals surface area contributed by atoms with Crippen molar-refractivity contribution >= 4 is 22.9 Å². The third-order valence-corrected chi connectivity index (χ3v) is 5.36. The van der Waals surface area contributed by atoms with Crippen LogP contribution in [-0.2, 0) is 22.7 Å². The lowest BCUT2D eigenvalue weighted by atomic mass is 10.1. The van der Waals surface area contributed by atoms with E-state index in [2.05, 4.69) is 41.3 Å². The molecule has 5 heteroatoms. The summed E-state index contributed by atoms with van der Waals surface area (Å²) in [6.07, 6.45) is 4.99. The lowest BCUT2D eigenvalue weighted by molar-refractivity contribution is -0.138. The van der Waals surface area contributed by atoms with Gasteiger partial charge in [-0.15, -0.1) is 0 Å². The number of hydrogen-bond acceptors (Lipinski definition) is 4. The number of pyridine rings is 1. The number of aryl methyl sites for hydroxylation is 2. The molecule has 0 fully saturated rings. The molecule has 2 aromatic carbocycles. The number of fused-ring (bicyclic) bond motifs is 1. The van der Waals surface area contributed by atoms with Crippen molar-refractivity contribution in [1.29, 1.82) is 0 Å². The first-order valence-corrected chi connectivity index (χ1v) is 10.3. The van der Waals surface area contributed by atoms with Gasteiger partial charge in [-0.3, -0.25) is 9.67 Å². The number of benzene rings is 2. The molecule has 0 atom stereocenters. The number of hydrogen-bond donors (Lipinski definition) is 0. The molecule has 0 N–H and O–H groups in total. The Labute approximate surface area is 182 Å². The van der Waals surface area contributed by atoms with Crippen LogP contribution in [0, 0.1) is 20.8 Å². The van der Waals surface area contributed by atoms with Crippen molar-refractivity contribution in [3.8, 4) is 0 Å². The van der Waals surface area contributed by atoms with Crippen LogP contribution in [0.15, 0.2) is 66.9 Å². The van der Waals surface area contributed by atoms with Gasteiger partial charge in [0.05, 0.1) is 17.8 Å². The Kier molecular flexibility index (Phi) is 5.94. The van der Waals surface area contributed by atoms with E-state index in [-0.39, 0.29) is 6.61 Å². The number of aromatic nitrogens is 3. The normalized spacial score (nSPS) is 11.3. The summed E-state index contributed by atoms with van der Waals surface area (Å²) in [5, 5.41) is 5.67. The van der Waals surface area contributed by atoms with Crippen LogP contribution in [0.1, 0.15) is 33.6 Å². The summed E-state index contributed by atoms with van der Waals surface area (Å²) in [6, 6.07) is 18.2. The Morgan fingerprint density at radius 2 is 1.81 bits per heavy atom. The molecule has 0 bridgehead atoms. The van der Waals surface area contributed by atoms with Crippen molar-refractivity contribution in [3.05, 3.63) is 101 Å². The Bertz CT molecular complexity index is 1250. The van der Waals surface area contributed by atoms with E-state index in [9.17, 15) is 4.79 Å². The highest BCUT2D eigenvalue weighted by molar-refractivity contribution is 5.88. The molecule has 0 spiro atoms. The van der Waals surface area contributed by atoms with Crippen molar-refractivity contribution in [1.82, 2.24) is 14.8 Å². The van der Waals surface area contributed by atoms with Crippen LogP contribution in [0.3, 0.4) is 0 Å². The van der Waals surface area contributed by atoms with Crippen molar-refractivity contribution in [2.75, 3.05) is 0 Å². The van der Waals surface area contributed by atoms with Gasteiger partial charge in [-0.25, -0.2) is 4.79 Å². The fourth-order valence-electron chi connectivity index (χ4n) is 3.60. The Balaban J connectivity index is 1.43. The molecule has 4 aromatic rings. The zero-order valence-corrected chi connectivity index (χ0v) is 18.0. The molecule has 0 radical (unpaired) electrons. The summed E-state index contributed by atoms with van der Waals surface area (Å²) >= 11 is 0. The van der Waals surface area contributed by atoms with E-state index in [4.69, 9.17) is 4.74 Å². The maximum Gasteiger partial charge on any atom is 0.331 e. The fraction of sp³-hybridized carbons (Fsp3) is 0.192. The van der Waals surface area contributed by atoms with Gasteiger partial charge in [-0.1, -0.05) is 54.1 Å². The number of rotatable bonds is 6. The van der Waals surface area contributed by atoms with E-state index in [1.165, 1.54) is 17.2 Å². The predicted molar refractivity (Wildman–Crippen MR) is 123 cm³/mol. The first kappa shape index (κ1) is 20.5. The minimum atomic E-state index is -0.391. The SMILES string of the molecule is Cc1ccc(Cn2nc(C)c(C=CC(=O)OCc3cccc4cccnc34)c2C)cc1. The number of para-hydroxylation sites is 1. The van der Waals surface area contributed by atoms with Crippen LogP contribution in [0.2, 0.25) is 0 Å². The maximum absolute atomic E-state index is 12.3. The van der Waals surface area contributed by atoms with E-state index < -0.39 is 5.97 Å². The highest BCUT2D eigenvalue weighted by Crippen LogP contribution is 2.18. The molecule has 0 aliphatic heterocycles. The average Bonchev–Trinajstić information content (AvgIpc) is 3.04. The fourth-order valence-corrected chi connectivity index (χ4v) is 3.60. The lowest BCUT2D eigenvalue weighted by Gasteiger charge is -2.06. The second kappa shape index (κ2) is 8.96. The first-order chi connectivity index (χ1) is 15.0. The van der Waals surface area contributed by atoms with Gasteiger partial charge in [0.2, 0.25) is 0 Å². The second-order valence-corrected chi connectivity index (χ2v) is 7.66. The van der Waals surface area contributed by atoms with Gasteiger partial charge in [-0.2, -0.15) is 5.10 Å². The summed E-state index contributed by atoms with van der Waals surface area (Å²) < 4.78 is 7.42. The van der Waals surface area contributed by atoms with Crippen molar-refractivity contribution in [3.63, 3.8) is 0 Å². The summed E-state index contributed by atoms with van der Waals surface area (Å²) in [4.78, 5) is 16.7.